The summed E-state index contributed by atoms with van der Waals surface area (Å²) in [5, 5.41) is 9.10. The second kappa shape index (κ2) is 9.87. The Kier molecular flexibility index (Phi) is 6.12. The lowest BCUT2D eigenvalue weighted by atomic mass is 9.98. The second-order valence-corrected chi connectivity index (χ2v) is 9.38. The number of fused-ring (bicyclic) bond motifs is 2. The normalized spacial score (nSPS) is 14.1. The summed E-state index contributed by atoms with van der Waals surface area (Å²) in [5.41, 5.74) is 5.65. The van der Waals surface area contributed by atoms with Crippen molar-refractivity contribution in [3.8, 4) is 11.1 Å². The number of carbonyl (C=O) groups excluding carboxylic acids is 1. The van der Waals surface area contributed by atoms with Gasteiger partial charge in [0.15, 0.2) is 0 Å². The van der Waals surface area contributed by atoms with Gasteiger partial charge < -0.3 is 20.4 Å². The highest BCUT2D eigenvalue weighted by Gasteiger charge is 2.17. The molecule has 2 aromatic heterocycles. The molecule has 7 heteroatoms. The van der Waals surface area contributed by atoms with Gasteiger partial charge in [-0.3, -0.25) is 9.97 Å². The van der Waals surface area contributed by atoms with Gasteiger partial charge in [-0.1, -0.05) is 36.4 Å². The molecule has 1 aliphatic rings. The average Bonchev–Trinajstić information content (AvgIpc) is 2.93. The highest BCUT2D eigenvalue weighted by atomic mass is 16.2. The maximum absolute atomic E-state index is 13.1. The Bertz CT molecular complexity index is 1580. The van der Waals surface area contributed by atoms with Crippen molar-refractivity contribution in [2.75, 3.05) is 48.8 Å². The maximum Gasteiger partial charge on any atom is 0.323 e. The van der Waals surface area contributed by atoms with E-state index in [0.29, 0.717) is 5.69 Å². The molecule has 3 heterocycles. The topological polar surface area (TPSA) is 73.4 Å². The molecule has 0 aliphatic carbocycles. The molecular weight excluding hydrogens is 460 g/mol. The molecule has 0 spiro atoms. The summed E-state index contributed by atoms with van der Waals surface area (Å²) in [5.74, 6) is 0. The van der Waals surface area contributed by atoms with E-state index in [0.717, 1.165) is 70.4 Å². The van der Waals surface area contributed by atoms with E-state index in [1.165, 1.54) is 0 Å². The zero-order valence-corrected chi connectivity index (χ0v) is 20.7. The summed E-state index contributed by atoms with van der Waals surface area (Å²) in [4.78, 5) is 26.5. The Morgan fingerprint density at radius 1 is 0.811 bits per heavy atom. The number of rotatable bonds is 4. The number of hydrogen-bond donors (Lipinski definition) is 2. The molecule has 184 valence electrons. The number of aromatic nitrogens is 2. The third-order valence-corrected chi connectivity index (χ3v) is 6.97. The molecule has 0 radical (unpaired) electrons. The van der Waals surface area contributed by atoms with Crippen LogP contribution in [0.15, 0.2) is 91.4 Å². The van der Waals surface area contributed by atoms with E-state index in [1.807, 2.05) is 54.6 Å². The lowest BCUT2D eigenvalue weighted by Crippen LogP contribution is -2.44. The van der Waals surface area contributed by atoms with Gasteiger partial charge in [0.05, 0.1) is 23.1 Å². The fourth-order valence-corrected chi connectivity index (χ4v) is 5.01. The predicted octanol–water partition coefficient (Wildman–Crippen LogP) is 5.85. The van der Waals surface area contributed by atoms with Crippen molar-refractivity contribution in [2.24, 2.45) is 0 Å². The number of anilines is 3. The molecule has 1 aliphatic heterocycles. The molecule has 3 aromatic carbocycles. The molecule has 0 unspecified atom stereocenters. The SMILES string of the molecule is CN1CCN(c2cccc3ncc(NC(=O)Nc4cccc5c(-c6ccncc6)cccc45)cc23)CC1. The first-order chi connectivity index (χ1) is 18.2. The van der Waals surface area contributed by atoms with E-state index in [2.05, 4.69) is 55.6 Å². The highest BCUT2D eigenvalue weighted by molar-refractivity contribution is 6.09. The van der Waals surface area contributed by atoms with Crippen LogP contribution in [-0.2, 0) is 0 Å². The van der Waals surface area contributed by atoms with Crippen molar-refractivity contribution < 1.29 is 4.79 Å². The van der Waals surface area contributed by atoms with Gasteiger partial charge in [0, 0.05) is 55.0 Å². The number of carbonyl (C=O) groups is 1. The Hall–Kier alpha value is -4.49. The molecule has 1 saturated heterocycles. The van der Waals surface area contributed by atoms with Crippen LogP contribution in [0.2, 0.25) is 0 Å². The van der Waals surface area contributed by atoms with Crippen LogP contribution < -0.4 is 15.5 Å². The van der Waals surface area contributed by atoms with E-state index in [-0.39, 0.29) is 6.03 Å². The van der Waals surface area contributed by atoms with Crippen LogP contribution in [0.3, 0.4) is 0 Å². The van der Waals surface area contributed by atoms with Crippen LogP contribution in [0, 0.1) is 0 Å². The first kappa shape index (κ1) is 22.9. The van der Waals surface area contributed by atoms with Crippen LogP contribution in [0.5, 0.6) is 0 Å². The van der Waals surface area contributed by atoms with E-state index in [9.17, 15) is 4.79 Å². The summed E-state index contributed by atoms with van der Waals surface area (Å²) in [6.07, 6.45) is 5.28. The van der Waals surface area contributed by atoms with Crippen molar-refractivity contribution in [3.63, 3.8) is 0 Å². The molecule has 1 fully saturated rings. The van der Waals surface area contributed by atoms with Gasteiger partial charge in [0.2, 0.25) is 0 Å². The molecule has 5 aromatic rings. The summed E-state index contributed by atoms with van der Waals surface area (Å²) in [6.45, 7) is 3.99. The minimum Gasteiger partial charge on any atom is -0.368 e. The Morgan fingerprint density at radius 3 is 2.41 bits per heavy atom. The molecule has 0 bridgehead atoms. The van der Waals surface area contributed by atoms with Crippen molar-refractivity contribution in [3.05, 3.63) is 91.4 Å². The lowest BCUT2D eigenvalue weighted by molar-refractivity contribution is 0.262. The fraction of sp³-hybridized carbons (Fsp3) is 0.167. The third-order valence-electron chi connectivity index (χ3n) is 6.97. The van der Waals surface area contributed by atoms with Crippen LogP contribution >= 0.6 is 0 Å². The Labute approximate surface area is 215 Å². The lowest BCUT2D eigenvalue weighted by Gasteiger charge is -2.34. The zero-order valence-electron chi connectivity index (χ0n) is 20.7. The van der Waals surface area contributed by atoms with Crippen molar-refractivity contribution in [1.29, 1.82) is 0 Å². The molecule has 0 saturated carbocycles. The molecule has 6 rings (SSSR count). The number of pyridine rings is 2. The van der Waals surface area contributed by atoms with Gasteiger partial charge >= 0.3 is 6.03 Å². The minimum atomic E-state index is -0.306. The largest absolute Gasteiger partial charge is 0.368 e. The van der Waals surface area contributed by atoms with Gasteiger partial charge in [-0.05, 0) is 60.0 Å². The quantitative estimate of drug-likeness (QED) is 0.332. The average molecular weight is 489 g/mol. The van der Waals surface area contributed by atoms with Gasteiger partial charge in [-0.25, -0.2) is 4.79 Å². The molecule has 0 atom stereocenters. The molecular formula is C30H28N6O. The number of nitrogens with one attached hydrogen (secondary N) is 2. The predicted molar refractivity (Wildman–Crippen MR) is 151 cm³/mol. The molecule has 2 amide bonds. The number of hydrogen-bond acceptors (Lipinski definition) is 5. The van der Waals surface area contributed by atoms with Crippen LogP contribution in [0.25, 0.3) is 32.8 Å². The smallest absolute Gasteiger partial charge is 0.323 e. The van der Waals surface area contributed by atoms with Gasteiger partial charge in [0.25, 0.3) is 0 Å². The molecule has 7 nitrogen and oxygen atoms in total. The van der Waals surface area contributed by atoms with E-state index in [1.54, 1.807) is 18.6 Å². The minimum absolute atomic E-state index is 0.306. The summed E-state index contributed by atoms with van der Waals surface area (Å²) < 4.78 is 0. The zero-order chi connectivity index (χ0) is 25.2. The first-order valence-corrected chi connectivity index (χ1v) is 12.5. The number of benzene rings is 3. The van der Waals surface area contributed by atoms with E-state index in [4.69, 9.17) is 0 Å². The maximum atomic E-state index is 13.1. The molecule has 37 heavy (non-hydrogen) atoms. The fourth-order valence-electron chi connectivity index (χ4n) is 5.01. The van der Waals surface area contributed by atoms with Crippen LogP contribution in [0.4, 0.5) is 21.9 Å². The van der Waals surface area contributed by atoms with E-state index >= 15 is 0 Å². The van der Waals surface area contributed by atoms with Crippen molar-refractivity contribution in [2.45, 2.75) is 0 Å². The van der Waals surface area contributed by atoms with Crippen LogP contribution in [0.1, 0.15) is 0 Å². The van der Waals surface area contributed by atoms with E-state index < -0.39 is 0 Å². The third kappa shape index (κ3) is 4.69. The standard InChI is InChI=1S/C30H28N6O/c1-35-15-17-36(18-16-35)29-10-4-8-27-26(29)19-22(20-32-27)33-30(37)34-28-9-3-6-24-23(5-2-7-25(24)28)21-11-13-31-14-12-21/h2-14,19-20H,15-18H2,1H3,(H2,33,34,37). The number of nitrogens with zero attached hydrogens (tertiary/aromatic N) is 4. The number of likely N-dealkylation sites (N-methyl/N-ethyl adjacent to an activating group) is 1. The number of urea groups is 1. The van der Waals surface area contributed by atoms with Gasteiger partial charge in [-0.15, -0.1) is 0 Å². The van der Waals surface area contributed by atoms with Crippen molar-refractivity contribution in [1.82, 2.24) is 14.9 Å². The first-order valence-electron chi connectivity index (χ1n) is 12.5. The number of amides is 2. The summed E-state index contributed by atoms with van der Waals surface area (Å²) in [6, 6.07) is 23.9. The summed E-state index contributed by atoms with van der Waals surface area (Å²) >= 11 is 0. The van der Waals surface area contributed by atoms with Crippen molar-refractivity contribution >= 4 is 44.8 Å². The van der Waals surface area contributed by atoms with Gasteiger partial charge in [-0.2, -0.15) is 0 Å². The monoisotopic (exact) mass is 488 g/mol. The second-order valence-electron chi connectivity index (χ2n) is 9.38. The Balaban J connectivity index is 1.26. The Morgan fingerprint density at radius 2 is 1.57 bits per heavy atom. The van der Waals surface area contributed by atoms with Gasteiger partial charge in [0.1, 0.15) is 0 Å². The molecule has 2 N–H and O–H groups in total. The van der Waals surface area contributed by atoms with Crippen LogP contribution in [-0.4, -0.2) is 54.1 Å². The summed E-state index contributed by atoms with van der Waals surface area (Å²) in [7, 11) is 2.15. The number of piperazine rings is 1. The highest BCUT2D eigenvalue weighted by Crippen LogP contribution is 2.33.